The van der Waals surface area contributed by atoms with E-state index in [0.29, 0.717) is 0 Å². The summed E-state index contributed by atoms with van der Waals surface area (Å²) in [5.41, 5.74) is 0.889. The van der Waals surface area contributed by atoms with Gasteiger partial charge in [0.15, 0.2) is 0 Å². The van der Waals surface area contributed by atoms with Crippen molar-refractivity contribution < 1.29 is 4.79 Å². The molecule has 118 valence electrons. The summed E-state index contributed by atoms with van der Waals surface area (Å²) in [7, 11) is 0. The summed E-state index contributed by atoms with van der Waals surface area (Å²) < 4.78 is 0. The first-order valence-corrected chi connectivity index (χ1v) is 8.62. The summed E-state index contributed by atoms with van der Waals surface area (Å²) in [4.78, 5) is 14.6. The number of hydrogen-bond acceptors (Lipinski definition) is 1. The van der Waals surface area contributed by atoms with Gasteiger partial charge < -0.3 is 4.90 Å². The number of benzene rings is 1. The summed E-state index contributed by atoms with van der Waals surface area (Å²) >= 11 is 6.39. The molecule has 1 aromatic rings. The molecule has 1 rings (SSSR count). The maximum atomic E-state index is 12.6. The zero-order valence-electron chi connectivity index (χ0n) is 13.4. The first-order valence-electron chi connectivity index (χ1n) is 8.18. The Morgan fingerprint density at radius 3 is 2.00 bits per heavy atom. The highest BCUT2D eigenvalue weighted by Crippen LogP contribution is 2.23. The van der Waals surface area contributed by atoms with E-state index in [2.05, 4.69) is 13.8 Å². The molecule has 1 atom stereocenters. The Morgan fingerprint density at radius 2 is 1.52 bits per heavy atom. The highest BCUT2D eigenvalue weighted by Gasteiger charge is 2.23. The number of alkyl halides is 1. The molecule has 0 saturated heterocycles. The molecule has 2 nitrogen and oxygen atoms in total. The molecule has 0 saturated carbocycles. The number of amides is 1. The van der Waals surface area contributed by atoms with Gasteiger partial charge in [0.25, 0.3) is 0 Å². The molecule has 1 unspecified atom stereocenters. The standard InChI is InChI=1S/C18H28ClNO/c1-3-5-10-14-20(15-11-6-4-2)18(21)17(19)16-12-8-7-9-13-16/h7-9,12-13,17H,3-6,10-11,14-15H2,1-2H3. The molecule has 0 radical (unpaired) electrons. The number of carbonyl (C=O) groups excluding carboxylic acids is 1. The van der Waals surface area contributed by atoms with Gasteiger partial charge in [-0.3, -0.25) is 4.79 Å². The number of hydrogen-bond donors (Lipinski definition) is 0. The van der Waals surface area contributed by atoms with E-state index < -0.39 is 5.38 Å². The van der Waals surface area contributed by atoms with Crippen LogP contribution in [0.1, 0.15) is 63.3 Å². The van der Waals surface area contributed by atoms with Gasteiger partial charge in [-0.2, -0.15) is 0 Å². The second-order valence-electron chi connectivity index (χ2n) is 5.51. The summed E-state index contributed by atoms with van der Waals surface area (Å²) in [5, 5.41) is -0.561. The van der Waals surface area contributed by atoms with Crippen LogP contribution in [0.25, 0.3) is 0 Å². The van der Waals surface area contributed by atoms with Crippen LogP contribution in [0, 0.1) is 0 Å². The molecule has 1 aromatic carbocycles. The fourth-order valence-corrected chi connectivity index (χ4v) is 2.65. The van der Waals surface area contributed by atoms with Crippen molar-refractivity contribution in [1.29, 1.82) is 0 Å². The molecule has 0 aromatic heterocycles. The van der Waals surface area contributed by atoms with Gasteiger partial charge in [0.05, 0.1) is 0 Å². The molecule has 0 spiro atoms. The Bertz CT molecular complexity index is 383. The van der Waals surface area contributed by atoms with E-state index in [1.54, 1.807) is 0 Å². The highest BCUT2D eigenvalue weighted by atomic mass is 35.5. The fraction of sp³-hybridized carbons (Fsp3) is 0.611. The molecule has 21 heavy (non-hydrogen) atoms. The molecule has 1 amide bonds. The van der Waals surface area contributed by atoms with Crippen LogP contribution in [0.3, 0.4) is 0 Å². The van der Waals surface area contributed by atoms with Gasteiger partial charge in [-0.05, 0) is 18.4 Å². The average Bonchev–Trinajstić information content (AvgIpc) is 2.53. The molecule has 0 fully saturated rings. The predicted molar refractivity (Wildman–Crippen MR) is 90.7 cm³/mol. The van der Waals surface area contributed by atoms with Crippen LogP contribution in [0.15, 0.2) is 30.3 Å². The van der Waals surface area contributed by atoms with E-state index in [-0.39, 0.29) is 5.91 Å². The lowest BCUT2D eigenvalue weighted by molar-refractivity contribution is -0.131. The molecule has 0 aliphatic heterocycles. The first kappa shape index (κ1) is 18.0. The van der Waals surface area contributed by atoms with Crippen molar-refractivity contribution in [2.75, 3.05) is 13.1 Å². The normalized spacial score (nSPS) is 12.1. The SMILES string of the molecule is CCCCCN(CCCCC)C(=O)C(Cl)c1ccccc1. The monoisotopic (exact) mass is 309 g/mol. The molecule has 0 heterocycles. The summed E-state index contributed by atoms with van der Waals surface area (Å²) in [6, 6.07) is 9.64. The van der Waals surface area contributed by atoms with Crippen LogP contribution in [0.4, 0.5) is 0 Å². The zero-order valence-corrected chi connectivity index (χ0v) is 14.1. The molecular weight excluding hydrogens is 282 g/mol. The third-order valence-electron chi connectivity index (χ3n) is 3.68. The van der Waals surface area contributed by atoms with E-state index in [0.717, 1.165) is 44.3 Å². The zero-order chi connectivity index (χ0) is 15.5. The van der Waals surface area contributed by atoms with Crippen molar-refractivity contribution in [1.82, 2.24) is 4.90 Å². The van der Waals surface area contributed by atoms with Gasteiger partial charge in [0, 0.05) is 13.1 Å². The second kappa shape index (κ2) is 10.7. The van der Waals surface area contributed by atoms with Gasteiger partial charge in [0.2, 0.25) is 5.91 Å². The van der Waals surface area contributed by atoms with Crippen LogP contribution >= 0.6 is 11.6 Å². The maximum Gasteiger partial charge on any atom is 0.245 e. The number of halogens is 1. The third kappa shape index (κ3) is 6.52. The minimum atomic E-state index is -0.561. The van der Waals surface area contributed by atoms with Gasteiger partial charge in [-0.15, -0.1) is 11.6 Å². The maximum absolute atomic E-state index is 12.6. The first-order chi connectivity index (χ1) is 10.2. The molecule has 0 bridgehead atoms. The molecule has 0 aliphatic carbocycles. The third-order valence-corrected chi connectivity index (χ3v) is 4.12. The number of nitrogens with zero attached hydrogens (tertiary/aromatic N) is 1. The van der Waals surface area contributed by atoms with Gasteiger partial charge in [-0.25, -0.2) is 0 Å². The van der Waals surface area contributed by atoms with Gasteiger partial charge >= 0.3 is 0 Å². The fourth-order valence-electron chi connectivity index (χ4n) is 2.36. The van der Waals surface area contributed by atoms with Gasteiger partial charge in [-0.1, -0.05) is 69.9 Å². The Balaban J connectivity index is 2.63. The molecule has 3 heteroatoms. The smallest absolute Gasteiger partial charge is 0.245 e. The predicted octanol–water partition coefficient (Wildman–Crippen LogP) is 5.18. The molecule has 0 aliphatic rings. The lowest BCUT2D eigenvalue weighted by Crippen LogP contribution is -2.35. The van der Waals surface area contributed by atoms with Crippen LogP contribution in [-0.4, -0.2) is 23.9 Å². The van der Waals surface area contributed by atoms with E-state index in [9.17, 15) is 4.79 Å². The topological polar surface area (TPSA) is 20.3 Å². The van der Waals surface area contributed by atoms with E-state index >= 15 is 0 Å². The minimum absolute atomic E-state index is 0.0510. The van der Waals surface area contributed by atoms with E-state index in [4.69, 9.17) is 11.6 Å². The Kier molecular flexibility index (Phi) is 9.16. The van der Waals surface area contributed by atoms with Crippen LogP contribution < -0.4 is 0 Å². The average molecular weight is 310 g/mol. The lowest BCUT2D eigenvalue weighted by Gasteiger charge is -2.25. The minimum Gasteiger partial charge on any atom is -0.341 e. The Morgan fingerprint density at radius 1 is 1.00 bits per heavy atom. The number of unbranched alkanes of at least 4 members (excludes halogenated alkanes) is 4. The van der Waals surface area contributed by atoms with E-state index in [1.807, 2.05) is 35.2 Å². The van der Waals surface area contributed by atoms with Crippen molar-refractivity contribution in [2.45, 2.75) is 57.7 Å². The van der Waals surface area contributed by atoms with Crippen molar-refractivity contribution in [2.24, 2.45) is 0 Å². The number of rotatable bonds is 10. The quantitative estimate of drug-likeness (QED) is 0.431. The highest BCUT2D eigenvalue weighted by molar-refractivity contribution is 6.30. The van der Waals surface area contributed by atoms with Crippen molar-refractivity contribution in [3.63, 3.8) is 0 Å². The van der Waals surface area contributed by atoms with Crippen LogP contribution in [-0.2, 0) is 4.79 Å². The summed E-state index contributed by atoms with van der Waals surface area (Å²) in [5.74, 6) is 0.0510. The summed E-state index contributed by atoms with van der Waals surface area (Å²) in [6.07, 6.45) is 6.78. The Labute approximate surface area is 134 Å². The summed E-state index contributed by atoms with van der Waals surface area (Å²) in [6.45, 7) is 6.01. The molecule has 0 N–H and O–H groups in total. The molecular formula is C18H28ClNO. The van der Waals surface area contributed by atoms with Gasteiger partial charge in [0.1, 0.15) is 5.38 Å². The van der Waals surface area contributed by atoms with Crippen molar-refractivity contribution in [3.05, 3.63) is 35.9 Å². The van der Waals surface area contributed by atoms with Crippen molar-refractivity contribution >= 4 is 17.5 Å². The van der Waals surface area contributed by atoms with Crippen LogP contribution in [0.2, 0.25) is 0 Å². The largest absolute Gasteiger partial charge is 0.341 e. The lowest BCUT2D eigenvalue weighted by atomic mass is 10.1. The number of carbonyl (C=O) groups is 1. The van der Waals surface area contributed by atoms with Crippen LogP contribution in [0.5, 0.6) is 0 Å². The second-order valence-corrected chi connectivity index (χ2v) is 5.95. The Hall–Kier alpha value is -1.02. The van der Waals surface area contributed by atoms with E-state index in [1.165, 1.54) is 12.8 Å². The van der Waals surface area contributed by atoms with Crippen molar-refractivity contribution in [3.8, 4) is 0 Å².